The van der Waals surface area contributed by atoms with E-state index in [1.54, 1.807) is 0 Å². The molecule has 0 aromatic carbocycles. The SMILES string of the molecule is C[C@H](CO)CCC[C@@H](C)[C@H]1[C@@H](O)[C@H](OS(=O)(=O)O)[C@H]2[C@@H]3C[C@@H](O)[C@@]4(O)C[C@@H](O)CC[C@]4(C)[C@H]3CC[C@@]21C. The summed E-state index contributed by atoms with van der Waals surface area (Å²) in [7, 11) is -4.84. The Hall–Kier alpha value is -0.330. The summed E-state index contributed by atoms with van der Waals surface area (Å²) in [6.07, 6.45) is 1.35. The Morgan fingerprint density at radius 2 is 1.73 bits per heavy atom. The molecule has 0 amide bonds. The minimum atomic E-state index is -4.84. The van der Waals surface area contributed by atoms with Crippen molar-refractivity contribution < 1.29 is 42.7 Å². The molecule has 0 radical (unpaired) electrons. The Balaban J connectivity index is 1.69. The second-order valence-corrected chi connectivity index (χ2v) is 14.6. The summed E-state index contributed by atoms with van der Waals surface area (Å²) in [4.78, 5) is 0. The van der Waals surface area contributed by atoms with Crippen molar-refractivity contribution in [3.05, 3.63) is 0 Å². The van der Waals surface area contributed by atoms with Crippen molar-refractivity contribution >= 4 is 10.4 Å². The number of hydrogen-bond donors (Lipinski definition) is 6. The van der Waals surface area contributed by atoms with Gasteiger partial charge in [-0.25, -0.2) is 4.18 Å². The number of fused-ring (bicyclic) bond motifs is 5. The molecule has 216 valence electrons. The smallest absolute Gasteiger partial charge is 0.396 e. The van der Waals surface area contributed by atoms with E-state index in [-0.39, 0.29) is 49.0 Å². The van der Waals surface area contributed by atoms with Gasteiger partial charge in [-0.3, -0.25) is 4.55 Å². The Kier molecular flexibility index (Phi) is 8.21. The van der Waals surface area contributed by atoms with E-state index < -0.39 is 57.2 Å². The lowest BCUT2D eigenvalue weighted by molar-refractivity contribution is -0.267. The van der Waals surface area contributed by atoms with E-state index in [4.69, 9.17) is 4.18 Å². The molecule has 0 spiro atoms. The van der Waals surface area contributed by atoms with Crippen LogP contribution in [0, 0.1) is 46.3 Å². The molecule has 4 saturated carbocycles. The molecule has 10 heteroatoms. The van der Waals surface area contributed by atoms with Crippen LogP contribution in [-0.2, 0) is 14.6 Å². The van der Waals surface area contributed by atoms with Crippen molar-refractivity contribution in [2.24, 2.45) is 46.3 Å². The largest absolute Gasteiger partial charge is 0.397 e. The lowest BCUT2D eigenvalue weighted by Gasteiger charge is -2.65. The molecule has 0 saturated heterocycles. The molecular formula is C27H48O9S. The van der Waals surface area contributed by atoms with Gasteiger partial charge in [0.25, 0.3) is 0 Å². The average molecular weight is 549 g/mol. The van der Waals surface area contributed by atoms with Crippen molar-refractivity contribution in [1.29, 1.82) is 0 Å². The molecule has 4 fully saturated rings. The Bertz CT molecular complexity index is 929. The van der Waals surface area contributed by atoms with Gasteiger partial charge in [0.1, 0.15) is 6.10 Å². The molecule has 4 rings (SSSR count). The van der Waals surface area contributed by atoms with Gasteiger partial charge >= 0.3 is 10.4 Å². The average Bonchev–Trinajstić information content (AvgIpc) is 3.00. The molecule has 0 bridgehead atoms. The van der Waals surface area contributed by atoms with Gasteiger partial charge in [-0.05, 0) is 79.4 Å². The molecule has 9 nitrogen and oxygen atoms in total. The fraction of sp³-hybridized carbons (Fsp3) is 1.00. The fourth-order valence-corrected chi connectivity index (χ4v) is 10.2. The van der Waals surface area contributed by atoms with Crippen LogP contribution in [0.2, 0.25) is 0 Å². The number of aliphatic hydroxyl groups excluding tert-OH is 4. The third-order valence-corrected chi connectivity index (χ3v) is 11.9. The van der Waals surface area contributed by atoms with Gasteiger partial charge < -0.3 is 25.5 Å². The predicted molar refractivity (Wildman–Crippen MR) is 137 cm³/mol. The van der Waals surface area contributed by atoms with Crippen molar-refractivity contribution in [3.63, 3.8) is 0 Å². The third kappa shape index (κ3) is 4.92. The Labute approximate surface area is 221 Å². The Morgan fingerprint density at radius 3 is 2.35 bits per heavy atom. The van der Waals surface area contributed by atoms with E-state index in [9.17, 15) is 38.5 Å². The monoisotopic (exact) mass is 548 g/mol. The van der Waals surface area contributed by atoms with Crippen LogP contribution in [0.15, 0.2) is 0 Å². The summed E-state index contributed by atoms with van der Waals surface area (Å²) < 4.78 is 38.8. The topological polar surface area (TPSA) is 165 Å². The molecule has 4 aliphatic carbocycles. The van der Waals surface area contributed by atoms with Crippen LogP contribution in [0.1, 0.15) is 85.5 Å². The first-order valence-electron chi connectivity index (χ1n) is 14.1. The van der Waals surface area contributed by atoms with Crippen LogP contribution in [0.5, 0.6) is 0 Å². The molecule has 4 aliphatic rings. The maximum absolute atomic E-state index is 12.0. The second-order valence-electron chi connectivity index (χ2n) is 13.5. The maximum Gasteiger partial charge on any atom is 0.397 e. The summed E-state index contributed by atoms with van der Waals surface area (Å²) in [5.74, 6) is -0.741. The first-order valence-corrected chi connectivity index (χ1v) is 15.5. The van der Waals surface area contributed by atoms with E-state index in [0.29, 0.717) is 19.3 Å². The van der Waals surface area contributed by atoms with Crippen LogP contribution < -0.4 is 0 Å². The quantitative estimate of drug-likeness (QED) is 0.250. The normalized spacial score (nSPS) is 49.6. The zero-order chi connectivity index (χ0) is 27.6. The van der Waals surface area contributed by atoms with Crippen molar-refractivity contribution in [2.75, 3.05) is 6.61 Å². The number of hydrogen-bond acceptors (Lipinski definition) is 8. The highest BCUT2D eigenvalue weighted by Gasteiger charge is 2.71. The molecule has 13 atom stereocenters. The maximum atomic E-state index is 12.0. The van der Waals surface area contributed by atoms with Crippen molar-refractivity contribution in [1.82, 2.24) is 0 Å². The van der Waals surface area contributed by atoms with Crippen LogP contribution in [0.3, 0.4) is 0 Å². The van der Waals surface area contributed by atoms with E-state index in [0.717, 1.165) is 25.7 Å². The zero-order valence-electron chi connectivity index (χ0n) is 22.7. The summed E-state index contributed by atoms with van der Waals surface area (Å²) in [5, 5.41) is 54.3. The van der Waals surface area contributed by atoms with Crippen molar-refractivity contribution in [2.45, 2.75) is 115 Å². The molecule has 0 unspecified atom stereocenters. The minimum Gasteiger partial charge on any atom is -0.396 e. The fourth-order valence-electron chi connectivity index (χ4n) is 9.66. The van der Waals surface area contributed by atoms with E-state index in [2.05, 4.69) is 13.8 Å². The molecule has 0 aromatic rings. The minimum absolute atomic E-state index is 0.0470. The summed E-state index contributed by atoms with van der Waals surface area (Å²) in [5.41, 5.74) is -2.60. The standard InChI is InChI=1S/C27H48O9S/c1-15(14-28)6-5-7-16(2)21-23(31)24(36-37(33,34)35)22-18-12-20(30)27(32)13-17(29)8-11-26(27,4)19(18)9-10-25(21,22)3/h15-24,28-32H,5-14H2,1-4H3,(H,33,34,35)/t15-,16+,17-,18+,19-,20+,21-,22+,23+,24+,25+,26+,27-/m0/s1. The molecule has 0 heterocycles. The lowest BCUT2D eigenvalue weighted by Crippen LogP contribution is -2.69. The Morgan fingerprint density at radius 1 is 1.05 bits per heavy atom. The highest BCUT2D eigenvalue weighted by atomic mass is 32.3. The summed E-state index contributed by atoms with van der Waals surface area (Å²) in [6, 6.07) is 0. The number of rotatable bonds is 8. The molecule has 37 heavy (non-hydrogen) atoms. The van der Waals surface area contributed by atoms with E-state index in [1.807, 2.05) is 13.8 Å². The predicted octanol–water partition coefficient (Wildman–Crippen LogP) is 2.30. The molecular weight excluding hydrogens is 500 g/mol. The van der Waals surface area contributed by atoms with Gasteiger partial charge in [0.15, 0.2) is 0 Å². The summed E-state index contributed by atoms with van der Waals surface area (Å²) >= 11 is 0. The highest BCUT2D eigenvalue weighted by molar-refractivity contribution is 7.80. The van der Waals surface area contributed by atoms with Gasteiger partial charge in [0.05, 0.1) is 23.9 Å². The van der Waals surface area contributed by atoms with Gasteiger partial charge in [0, 0.05) is 18.4 Å². The van der Waals surface area contributed by atoms with Crippen LogP contribution in [0.4, 0.5) is 0 Å². The highest BCUT2D eigenvalue weighted by Crippen LogP contribution is 2.69. The van der Waals surface area contributed by atoms with Gasteiger partial charge in [-0.2, -0.15) is 8.42 Å². The molecule has 0 aliphatic heterocycles. The zero-order valence-corrected chi connectivity index (χ0v) is 23.5. The van der Waals surface area contributed by atoms with Gasteiger partial charge in [-0.1, -0.05) is 40.5 Å². The summed E-state index contributed by atoms with van der Waals surface area (Å²) in [6.45, 7) is 8.25. The number of aliphatic hydroxyl groups is 5. The third-order valence-electron chi connectivity index (χ3n) is 11.5. The van der Waals surface area contributed by atoms with Crippen LogP contribution in [0.25, 0.3) is 0 Å². The van der Waals surface area contributed by atoms with Crippen molar-refractivity contribution in [3.8, 4) is 0 Å². The van der Waals surface area contributed by atoms with Gasteiger partial charge in [0.2, 0.25) is 0 Å². The molecule has 6 N–H and O–H groups in total. The van der Waals surface area contributed by atoms with E-state index in [1.165, 1.54) is 0 Å². The lowest BCUT2D eigenvalue weighted by atomic mass is 9.42. The second kappa shape index (κ2) is 10.3. The van der Waals surface area contributed by atoms with E-state index >= 15 is 0 Å². The van der Waals surface area contributed by atoms with Crippen LogP contribution >= 0.6 is 0 Å². The first kappa shape index (κ1) is 29.6. The van der Waals surface area contributed by atoms with Gasteiger partial charge in [-0.15, -0.1) is 0 Å². The molecule has 0 aromatic heterocycles. The first-order chi connectivity index (χ1) is 17.1. The van der Waals surface area contributed by atoms with Crippen LogP contribution in [-0.4, -0.2) is 75.1 Å².